The first-order valence-corrected chi connectivity index (χ1v) is 19.3. The minimum Gasteiger partial charge on any atom is -0.387 e. The highest BCUT2D eigenvalue weighted by molar-refractivity contribution is 7.98. The Kier molecular flexibility index (Phi) is 12.2. The average Bonchev–Trinajstić information content (AvgIpc) is 4.04. The second-order valence-corrected chi connectivity index (χ2v) is 14.5. The van der Waals surface area contributed by atoms with Gasteiger partial charge in [0.1, 0.15) is 36.6 Å². The maximum atomic E-state index is 12.3. The zero-order valence-corrected chi connectivity index (χ0v) is 30.3. The Morgan fingerprint density at radius 2 is 1.29 bits per heavy atom. The molecule has 7 heteroatoms. The van der Waals surface area contributed by atoms with Crippen molar-refractivity contribution in [1.29, 1.82) is 5.26 Å². The van der Waals surface area contributed by atoms with Gasteiger partial charge >= 0.3 is 0 Å². The van der Waals surface area contributed by atoms with E-state index >= 15 is 0 Å². The Hall–Kier alpha value is -4.26. The lowest BCUT2D eigenvalue weighted by Crippen LogP contribution is -2.57. The number of nitrogens with zero attached hydrogens (tertiary/aromatic N) is 1. The van der Waals surface area contributed by atoms with Gasteiger partial charge in [-0.15, -0.1) is 11.8 Å². The maximum absolute atomic E-state index is 12.3. The number of hydrogen-bond acceptors (Lipinski definition) is 7. The maximum Gasteiger partial charge on any atom is 0.115 e. The van der Waals surface area contributed by atoms with Crippen LogP contribution >= 0.6 is 11.8 Å². The highest BCUT2D eigenvalue weighted by Crippen LogP contribution is 2.41. The second kappa shape index (κ2) is 17.5. The van der Waals surface area contributed by atoms with Gasteiger partial charge < -0.3 is 24.1 Å². The largest absolute Gasteiger partial charge is 0.387 e. The van der Waals surface area contributed by atoms with Crippen LogP contribution in [0.3, 0.4) is 0 Å². The molecule has 5 aromatic rings. The first-order valence-electron chi connectivity index (χ1n) is 18.1. The van der Waals surface area contributed by atoms with Gasteiger partial charge in [-0.3, -0.25) is 0 Å². The van der Waals surface area contributed by atoms with Crippen LogP contribution in [-0.2, 0) is 45.2 Å². The van der Waals surface area contributed by atoms with Crippen LogP contribution in [-0.4, -0.2) is 42.4 Å². The van der Waals surface area contributed by atoms with E-state index in [4.69, 9.17) is 18.9 Å². The van der Waals surface area contributed by atoms with Gasteiger partial charge in [0.15, 0.2) is 0 Å². The summed E-state index contributed by atoms with van der Waals surface area (Å²) in [4.78, 5) is 0.849. The summed E-state index contributed by atoms with van der Waals surface area (Å²) in [7, 11) is 0. The zero-order valence-electron chi connectivity index (χ0n) is 29.5. The fourth-order valence-corrected chi connectivity index (χ4v) is 7.60. The van der Waals surface area contributed by atoms with Crippen LogP contribution in [0.4, 0.5) is 0 Å². The van der Waals surface area contributed by atoms with E-state index < -0.39 is 30.5 Å². The lowest BCUT2D eigenvalue weighted by atomic mass is 9.88. The molecule has 1 N–H and O–H groups in total. The van der Waals surface area contributed by atoms with Gasteiger partial charge in [-0.25, -0.2) is 0 Å². The third-order valence-corrected chi connectivity index (χ3v) is 10.7. The van der Waals surface area contributed by atoms with Crippen molar-refractivity contribution in [2.45, 2.75) is 80.4 Å². The summed E-state index contributed by atoms with van der Waals surface area (Å²) in [6.07, 6.45) is 1.34. The molecule has 1 aliphatic heterocycles. The lowest BCUT2D eigenvalue weighted by molar-refractivity contribution is -0.263. The van der Waals surface area contributed by atoms with Gasteiger partial charge in [0.25, 0.3) is 0 Å². The molecule has 52 heavy (non-hydrogen) atoms. The molecule has 6 nitrogen and oxygen atoms in total. The van der Waals surface area contributed by atoms with Crippen LogP contribution in [0.1, 0.15) is 69.4 Å². The van der Waals surface area contributed by atoms with Gasteiger partial charge in [0.2, 0.25) is 0 Å². The minimum atomic E-state index is -1.07. The van der Waals surface area contributed by atoms with Crippen LogP contribution in [0, 0.1) is 11.3 Å². The standard InChI is InChI=1S/C45H45NO5S/c1-52-41-25-38(24-37(39(41)26-46)23-31-17-19-35(20-18-31)36-21-22-36)43-42(47)45(50-29-34-15-9-4-10-16-34)44(49-28-33-13-7-3-8-14-33)40(51-43)30-48-27-32-11-5-2-6-12-32/h2-20,24-25,36,40,42-45,47H,21-23,27-30H2,1H3/t40-,42+,43+,44-,45-/m1/s1. The molecular formula is C45H45NO5S. The van der Waals surface area contributed by atoms with E-state index in [-0.39, 0.29) is 6.61 Å². The normalized spacial score (nSPS) is 21.4. The van der Waals surface area contributed by atoms with Crippen LogP contribution in [0.2, 0.25) is 0 Å². The summed E-state index contributed by atoms with van der Waals surface area (Å²) in [5, 5.41) is 22.6. The molecule has 0 aromatic heterocycles. The first-order chi connectivity index (χ1) is 25.6. The van der Waals surface area contributed by atoms with E-state index in [2.05, 4.69) is 30.3 Å². The number of ether oxygens (including phenoxy) is 4. The van der Waals surface area contributed by atoms with Crippen molar-refractivity contribution >= 4 is 11.8 Å². The number of rotatable bonds is 15. The summed E-state index contributed by atoms with van der Waals surface area (Å²) in [5.41, 5.74) is 7.93. The fraction of sp³-hybridized carbons (Fsp3) is 0.311. The molecule has 0 radical (unpaired) electrons. The van der Waals surface area contributed by atoms with Crippen molar-refractivity contribution in [1.82, 2.24) is 0 Å². The molecule has 2 fully saturated rings. The van der Waals surface area contributed by atoms with Crippen molar-refractivity contribution in [3.05, 3.63) is 172 Å². The van der Waals surface area contributed by atoms with Crippen molar-refractivity contribution in [2.24, 2.45) is 0 Å². The Bertz CT molecular complexity index is 1910. The fourth-order valence-electron chi connectivity index (χ4n) is 6.96. The number of aliphatic hydroxyl groups excluding tert-OH is 1. The highest BCUT2D eigenvalue weighted by atomic mass is 32.2. The third kappa shape index (κ3) is 9.02. The number of aliphatic hydroxyl groups is 1. The molecule has 5 atom stereocenters. The van der Waals surface area contributed by atoms with Gasteiger partial charge in [-0.1, -0.05) is 121 Å². The molecule has 0 unspecified atom stereocenters. The van der Waals surface area contributed by atoms with Gasteiger partial charge in [-0.05, 0) is 76.4 Å². The molecule has 1 heterocycles. The van der Waals surface area contributed by atoms with Crippen LogP contribution in [0.25, 0.3) is 0 Å². The highest BCUT2D eigenvalue weighted by Gasteiger charge is 2.47. The molecule has 5 aromatic carbocycles. The van der Waals surface area contributed by atoms with Gasteiger partial charge in [0.05, 0.1) is 32.0 Å². The van der Waals surface area contributed by atoms with Crippen molar-refractivity contribution < 1.29 is 24.1 Å². The molecule has 7 rings (SSSR count). The van der Waals surface area contributed by atoms with Gasteiger partial charge in [0, 0.05) is 4.90 Å². The zero-order chi connectivity index (χ0) is 35.7. The Morgan fingerprint density at radius 3 is 1.85 bits per heavy atom. The predicted molar refractivity (Wildman–Crippen MR) is 204 cm³/mol. The third-order valence-electron chi connectivity index (χ3n) is 9.91. The van der Waals surface area contributed by atoms with Crippen LogP contribution in [0.5, 0.6) is 0 Å². The molecule has 0 amide bonds. The molecule has 266 valence electrons. The lowest BCUT2D eigenvalue weighted by Gasteiger charge is -2.45. The smallest absolute Gasteiger partial charge is 0.115 e. The first kappa shape index (κ1) is 36.1. The van der Waals surface area contributed by atoms with E-state index in [9.17, 15) is 10.4 Å². The number of nitriles is 1. The van der Waals surface area contributed by atoms with Crippen LogP contribution in [0.15, 0.2) is 132 Å². The SMILES string of the molecule is CSc1cc([C@@H]2O[C@H](COCc3ccccc3)[C@@H](OCc3ccccc3)[C@H](OCc3ccccc3)[C@H]2O)cc(Cc2ccc(C3CC3)cc2)c1C#N. The molecular weight excluding hydrogens is 667 g/mol. The Balaban J connectivity index is 1.21. The van der Waals surface area contributed by atoms with E-state index in [0.29, 0.717) is 37.7 Å². The summed E-state index contributed by atoms with van der Waals surface area (Å²) in [5.74, 6) is 0.683. The molecule has 1 saturated heterocycles. The van der Waals surface area contributed by atoms with Crippen molar-refractivity contribution in [3.63, 3.8) is 0 Å². The number of thioether (sulfide) groups is 1. The predicted octanol–water partition coefficient (Wildman–Crippen LogP) is 8.94. The molecule has 2 aliphatic rings. The summed E-state index contributed by atoms with van der Waals surface area (Å²) in [6, 6.07) is 45.3. The van der Waals surface area contributed by atoms with E-state index in [1.54, 1.807) is 0 Å². The Labute approximate surface area is 311 Å². The van der Waals surface area contributed by atoms with E-state index in [1.807, 2.05) is 109 Å². The van der Waals surface area contributed by atoms with Crippen LogP contribution < -0.4 is 0 Å². The van der Waals surface area contributed by atoms with E-state index in [0.717, 1.165) is 38.3 Å². The quantitative estimate of drug-likeness (QED) is 0.109. The number of benzene rings is 5. The molecule has 0 spiro atoms. The second-order valence-electron chi connectivity index (χ2n) is 13.7. The summed E-state index contributed by atoms with van der Waals surface area (Å²) in [6.45, 7) is 1.26. The summed E-state index contributed by atoms with van der Waals surface area (Å²) < 4.78 is 26.4. The molecule has 1 aliphatic carbocycles. The molecule has 0 bridgehead atoms. The van der Waals surface area contributed by atoms with Crippen molar-refractivity contribution in [2.75, 3.05) is 12.9 Å². The van der Waals surface area contributed by atoms with Gasteiger partial charge in [-0.2, -0.15) is 5.26 Å². The average molecular weight is 712 g/mol. The number of hydrogen-bond donors (Lipinski definition) is 1. The summed E-state index contributed by atoms with van der Waals surface area (Å²) >= 11 is 1.53. The topological polar surface area (TPSA) is 80.9 Å². The van der Waals surface area contributed by atoms with Crippen molar-refractivity contribution in [3.8, 4) is 6.07 Å². The Morgan fingerprint density at radius 1 is 0.712 bits per heavy atom. The minimum absolute atomic E-state index is 0.231. The monoisotopic (exact) mass is 711 g/mol. The van der Waals surface area contributed by atoms with E-state index in [1.165, 1.54) is 30.2 Å². The molecule has 1 saturated carbocycles.